The van der Waals surface area contributed by atoms with Crippen LogP contribution in [0.1, 0.15) is 17.0 Å². The van der Waals surface area contributed by atoms with Crippen LogP contribution in [0.5, 0.6) is 0 Å². The zero-order chi connectivity index (χ0) is 14.5. The van der Waals surface area contributed by atoms with Crippen molar-refractivity contribution in [3.05, 3.63) is 59.4 Å². The number of rotatable bonds is 5. The highest BCUT2D eigenvalue weighted by Crippen LogP contribution is 2.22. The Kier molecular flexibility index (Phi) is 4.21. The van der Waals surface area contributed by atoms with Crippen molar-refractivity contribution in [2.24, 2.45) is 0 Å². The summed E-state index contributed by atoms with van der Waals surface area (Å²) in [5.41, 5.74) is 2.06. The largest absolute Gasteiger partial charge is 0.352 e. The Labute approximate surface area is 126 Å². The van der Waals surface area contributed by atoms with E-state index in [1.807, 2.05) is 30.3 Å². The van der Waals surface area contributed by atoms with Gasteiger partial charge in [0.15, 0.2) is 0 Å². The number of fused-ring (bicyclic) bond motifs is 1. The highest BCUT2D eigenvalue weighted by atomic mass is 32.1. The summed E-state index contributed by atoms with van der Waals surface area (Å²) < 4.78 is 1.17. The van der Waals surface area contributed by atoms with E-state index in [4.69, 9.17) is 0 Å². The van der Waals surface area contributed by atoms with E-state index in [1.165, 1.54) is 4.70 Å². The number of carbonyl (C=O) groups excluding carboxylic acids is 1. The quantitative estimate of drug-likeness (QED) is 0.787. The molecule has 0 saturated heterocycles. The molecule has 0 aliphatic carbocycles. The number of pyridine rings is 1. The lowest BCUT2D eigenvalue weighted by atomic mass is 10.2. The molecule has 0 atom stereocenters. The molecule has 21 heavy (non-hydrogen) atoms. The molecule has 1 amide bonds. The van der Waals surface area contributed by atoms with E-state index >= 15 is 0 Å². The monoisotopic (exact) mass is 297 g/mol. The van der Waals surface area contributed by atoms with Crippen molar-refractivity contribution in [2.45, 2.75) is 19.4 Å². The zero-order valence-electron chi connectivity index (χ0n) is 11.5. The molecule has 0 fully saturated rings. The summed E-state index contributed by atoms with van der Waals surface area (Å²) in [6, 6.07) is 11.8. The van der Waals surface area contributed by atoms with E-state index < -0.39 is 0 Å². The van der Waals surface area contributed by atoms with E-state index in [1.54, 1.807) is 23.7 Å². The number of benzene rings is 1. The zero-order valence-corrected chi connectivity index (χ0v) is 12.3. The standard InChI is InChI=1S/C16H15N3OS/c20-15(18-11-12-7-9-17-10-8-12)5-6-16-19-13-3-1-2-4-14(13)21-16/h1-4,7-10H,5-6,11H2,(H,18,20). The van der Waals surface area contributed by atoms with Crippen LogP contribution >= 0.6 is 11.3 Å². The van der Waals surface area contributed by atoms with Crippen molar-refractivity contribution in [1.82, 2.24) is 15.3 Å². The second kappa shape index (κ2) is 6.45. The third-order valence-electron chi connectivity index (χ3n) is 3.14. The first-order chi connectivity index (χ1) is 10.3. The maximum Gasteiger partial charge on any atom is 0.220 e. The first kappa shape index (κ1) is 13.7. The van der Waals surface area contributed by atoms with Gasteiger partial charge in [0.1, 0.15) is 0 Å². The molecule has 0 unspecified atom stereocenters. The number of nitrogens with one attached hydrogen (secondary N) is 1. The molecule has 0 radical (unpaired) electrons. The van der Waals surface area contributed by atoms with E-state index in [0.29, 0.717) is 19.4 Å². The van der Waals surface area contributed by atoms with Crippen molar-refractivity contribution in [3.8, 4) is 0 Å². The maximum atomic E-state index is 11.9. The van der Waals surface area contributed by atoms with Crippen LogP contribution in [-0.4, -0.2) is 15.9 Å². The highest BCUT2D eigenvalue weighted by molar-refractivity contribution is 7.18. The number of aromatic nitrogens is 2. The lowest BCUT2D eigenvalue weighted by Crippen LogP contribution is -2.22. The number of thiazole rings is 1. The number of hydrogen-bond donors (Lipinski definition) is 1. The molecule has 1 aromatic carbocycles. The van der Waals surface area contributed by atoms with E-state index in [2.05, 4.69) is 21.4 Å². The van der Waals surface area contributed by atoms with Gasteiger partial charge in [-0.2, -0.15) is 0 Å². The van der Waals surface area contributed by atoms with E-state index in [-0.39, 0.29) is 5.91 Å². The molecule has 3 aromatic rings. The Morgan fingerprint density at radius 3 is 2.76 bits per heavy atom. The lowest BCUT2D eigenvalue weighted by Gasteiger charge is -2.04. The Bertz CT molecular complexity index is 706. The summed E-state index contributed by atoms with van der Waals surface area (Å²) in [4.78, 5) is 20.3. The minimum absolute atomic E-state index is 0.0473. The minimum Gasteiger partial charge on any atom is -0.352 e. The SMILES string of the molecule is O=C(CCc1nc2ccccc2s1)NCc1ccncc1. The van der Waals surface area contributed by atoms with Crippen LogP contribution in [0.2, 0.25) is 0 Å². The number of aryl methyl sites for hydroxylation is 1. The van der Waals surface area contributed by atoms with Crippen LogP contribution < -0.4 is 5.32 Å². The summed E-state index contributed by atoms with van der Waals surface area (Å²) in [6.07, 6.45) is 4.59. The van der Waals surface area contributed by atoms with Crippen LogP contribution in [-0.2, 0) is 17.8 Å². The topological polar surface area (TPSA) is 54.9 Å². The first-order valence-electron chi connectivity index (χ1n) is 6.81. The van der Waals surface area contributed by atoms with Crippen LogP contribution in [0.15, 0.2) is 48.8 Å². The summed E-state index contributed by atoms with van der Waals surface area (Å²) in [7, 11) is 0. The Morgan fingerprint density at radius 1 is 1.14 bits per heavy atom. The van der Waals surface area contributed by atoms with Gasteiger partial charge in [0.25, 0.3) is 0 Å². The smallest absolute Gasteiger partial charge is 0.220 e. The van der Waals surface area contributed by atoms with Gasteiger partial charge in [-0.1, -0.05) is 12.1 Å². The van der Waals surface area contributed by atoms with Gasteiger partial charge in [0.05, 0.1) is 15.2 Å². The fourth-order valence-electron chi connectivity index (χ4n) is 2.04. The van der Waals surface area contributed by atoms with Gasteiger partial charge < -0.3 is 5.32 Å². The summed E-state index contributed by atoms with van der Waals surface area (Å²) in [5, 5.41) is 3.92. The normalized spacial score (nSPS) is 10.7. The van der Waals surface area contributed by atoms with Gasteiger partial charge in [-0.15, -0.1) is 11.3 Å². The number of nitrogens with zero attached hydrogens (tertiary/aromatic N) is 2. The molecular weight excluding hydrogens is 282 g/mol. The average Bonchev–Trinajstić information content (AvgIpc) is 2.95. The third-order valence-corrected chi connectivity index (χ3v) is 4.24. The third kappa shape index (κ3) is 3.64. The van der Waals surface area contributed by atoms with Crippen molar-refractivity contribution >= 4 is 27.5 Å². The predicted molar refractivity (Wildman–Crippen MR) is 84.0 cm³/mol. The molecule has 0 bridgehead atoms. The molecule has 106 valence electrons. The number of para-hydroxylation sites is 1. The molecule has 1 N–H and O–H groups in total. The molecule has 5 heteroatoms. The highest BCUT2D eigenvalue weighted by Gasteiger charge is 2.06. The predicted octanol–water partition coefficient (Wildman–Crippen LogP) is 2.94. The molecule has 0 spiro atoms. The van der Waals surface area contributed by atoms with Crippen molar-refractivity contribution < 1.29 is 4.79 Å². The van der Waals surface area contributed by atoms with Gasteiger partial charge in [0.2, 0.25) is 5.91 Å². The van der Waals surface area contributed by atoms with E-state index in [0.717, 1.165) is 16.1 Å². The fraction of sp³-hybridized carbons (Fsp3) is 0.188. The van der Waals surface area contributed by atoms with Crippen LogP contribution in [0.25, 0.3) is 10.2 Å². The van der Waals surface area contributed by atoms with Crippen LogP contribution in [0.4, 0.5) is 0 Å². The van der Waals surface area contributed by atoms with Gasteiger partial charge in [-0.05, 0) is 29.8 Å². The molecule has 0 saturated carbocycles. The van der Waals surface area contributed by atoms with Crippen LogP contribution in [0, 0.1) is 0 Å². The number of carbonyl (C=O) groups is 1. The lowest BCUT2D eigenvalue weighted by molar-refractivity contribution is -0.121. The minimum atomic E-state index is 0.0473. The average molecular weight is 297 g/mol. The number of amides is 1. The van der Waals surface area contributed by atoms with Gasteiger partial charge in [-0.25, -0.2) is 4.98 Å². The van der Waals surface area contributed by atoms with Crippen molar-refractivity contribution in [3.63, 3.8) is 0 Å². The summed E-state index contributed by atoms with van der Waals surface area (Å²) in [5.74, 6) is 0.0473. The Balaban J connectivity index is 1.51. The van der Waals surface area contributed by atoms with Crippen molar-refractivity contribution in [2.75, 3.05) is 0 Å². The second-order valence-corrected chi connectivity index (χ2v) is 5.82. The molecule has 0 aliphatic rings. The first-order valence-corrected chi connectivity index (χ1v) is 7.63. The molecule has 2 aromatic heterocycles. The molecule has 2 heterocycles. The van der Waals surface area contributed by atoms with Gasteiger partial charge >= 0.3 is 0 Å². The van der Waals surface area contributed by atoms with E-state index in [9.17, 15) is 4.79 Å². The second-order valence-electron chi connectivity index (χ2n) is 4.71. The van der Waals surface area contributed by atoms with Gasteiger partial charge in [0, 0.05) is 31.8 Å². The Morgan fingerprint density at radius 2 is 1.95 bits per heavy atom. The molecule has 0 aliphatic heterocycles. The van der Waals surface area contributed by atoms with Crippen molar-refractivity contribution in [1.29, 1.82) is 0 Å². The summed E-state index contributed by atoms with van der Waals surface area (Å²) >= 11 is 1.65. The molecule has 4 nitrogen and oxygen atoms in total. The Hall–Kier alpha value is -2.27. The molecular formula is C16H15N3OS. The fourth-order valence-corrected chi connectivity index (χ4v) is 3.00. The van der Waals surface area contributed by atoms with Crippen LogP contribution in [0.3, 0.4) is 0 Å². The number of hydrogen-bond acceptors (Lipinski definition) is 4. The van der Waals surface area contributed by atoms with Gasteiger partial charge in [-0.3, -0.25) is 9.78 Å². The maximum absolute atomic E-state index is 11.9. The summed E-state index contributed by atoms with van der Waals surface area (Å²) in [6.45, 7) is 0.543. The molecule has 3 rings (SSSR count).